The lowest BCUT2D eigenvalue weighted by molar-refractivity contribution is 0.476. The number of imidazole rings is 1. The molecular formula is C21H14Cl2N2O. The Labute approximate surface area is 160 Å². The molecular weight excluding hydrogens is 367 g/mol. The fourth-order valence-corrected chi connectivity index (χ4v) is 3.32. The molecule has 0 unspecified atom stereocenters. The first-order valence-corrected chi connectivity index (χ1v) is 8.78. The number of rotatable bonds is 3. The van der Waals surface area contributed by atoms with E-state index in [9.17, 15) is 5.11 Å². The second-order valence-corrected chi connectivity index (χ2v) is 6.64. The van der Waals surface area contributed by atoms with Gasteiger partial charge in [0.1, 0.15) is 5.82 Å². The van der Waals surface area contributed by atoms with Crippen molar-refractivity contribution in [1.82, 2.24) is 9.97 Å². The number of hydrogen-bond donors (Lipinski definition) is 2. The molecule has 4 rings (SSSR count). The third kappa shape index (κ3) is 3.07. The quantitative estimate of drug-likeness (QED) is 0.430. The SMILES string of the molecule is Oc1c(Cl)cc(-c2nc(-c3ccccc3)c(-c3ccccc3)[nH]2)cc1Cl. The van der Waals surface area contributed by atoms with Gasteiger partial charge >= 0.3 is 0 Å². The largest absolute Gasteiger partial charge is 0.505 e. The summed E-state index contributed by atoms with van der Waals surface area (Å²) in [5.74, 6) is 0.502. The van der Waals surface area contributed by atoms with Crippen molar-refractivity contribution in [3.05, 3.63) is 82.8 Å². The number of aromatic hydroxyl groups is 1. The molecule has 0 fully saturated rings. The van der Waals surface area contributed by atoms with Crippen LogP contribution in [0.25, 0.3) is 33.9 Å². The maximum atomic E-state index is 9.80. The Morgan fingerprint density at radius 3 is 1.85 bits per heavy atom. The summed E-state index contributed by atoms with van der Waals surface area (Å²) in [6.07, 6.45) is 0. The number of H-pyrrole nitrogens is 1. The lowest BCUT2D eigenvalue weighted by Crippen LogP contribution is -1.83. The number of nitrogens with zero attached hydrogens (tertiary/aromatic N) is 1. The Balaban J connectivity index is 1.92. The Morgan fingerprint density at radius 2 is 1.27 bits per heavy atom. The number of phenolic OH excluding ortho intramolecular Hbond substituents is 1. The number of nitrogens with one attached hydrogen (secondary N) is 1. The zero-order chi connectivity index (χ0) is 18.1. The maximum absolute atomic E-state index is 9.80. The number of phenols is 1. The van der Waals surface area contributed by atoms with Gasteiger partial charge in [-0.05, 0) is 12.1 Å². The van der Waals surface area contributed by atoms with Crippen LogP contribution in [-0.4, -0.2) is 15.1 Å². The minimum atomic E-state index is -0.129. The van der Waals surface area contributed by atoms with Gasteiger partial charge in [0.05, 0.1) is 21.4 Å². The molecule has 0 aliphatic carbocycles. The van der Waals surface area contributed by atoms with E-state index < -0.39 is 0 Å². The molecule has 3 aromatic carbocycles. The van der Waals surface area contributed by atoms with Crippen LogP contribution in [0, 0.1) is 0 Å². The molecule has 0 spiro atoms. The van der Waals surface area contributed by atoms with Crippen molar-refractivity contribution in [3.63, 3.8) is 0 Å². The average molecular weight is 381 g/mol. The molecule has 26 heavy (non-hydrogen) atoms. The molecule has 3 nitrogen and oxygen atoms in total. The first-order chi connectivity index (χ1) is 12.6. The highest BCUT2D eigenvalue weighted by molar-refractivity contribution is 6.37. The molecule has 128 valence electrons. The predicted octanol–water partition coefficient (Wildman–Crippen LogP) is 6.42. The minimum Gasteiger partial charge on any atom is -0.505 e. The van der Waals surface area contributed by atoms with Gasteiger partial charge in [-0.25, -0.2) is 4.98 Å². The normalized spacial score (nSPS) is 10.8. The summed E-state index contributed by atoms with van der Waals surface area (Å²) >= 11 is 12.1. The molecule has 0 bridgehead atoms. The van der Waals surface area contributed by atoms with Crippen LogP contribution in [0.1, 0.15) is 0 Å². The van der Waals surface area contributed by atoms with E-state index in [0.717, 1.165) is 22.5 Å². The first-order valence-electron chi connectivity index (χ1n) is 8.02. The maximum Gasteiger partial charge on any atom is 0.152 e. The van der Waals surface area contributed by atoms with E-state index in [1.165, 1.54) is 0 Å². The molecule has 1 aromatic heterocycles. The highest BCUT2D eigenvalue weighted by Gasteiger charge is 2.17. The van der Waals surface area contributed by atoms with Crippen molar-refractivity contribution in [2.75, 3.05) is 0 Å². The Morgan fingerprint density at radius 1 is 0.731 bits per heavy atom. The van der Waals surface area contributed by atoms with Gasteiger partial charge in [-0.1, -0.05) is 83.9 Å². The van der Waals surface area contributed by atoms with Gasteiger partial charge in [0, 0.05) is 16.7 Å². The van der Waals surface area contributed by atoms with Crippen LogP contribution in [0.5, 0.6) is 5.75 Å². The molecule has 0 saturated carbocycles. The summed E-state index contributed by atoms with van der Waals surface area (Å²) in [5.41, 5.74) is 4.49. The topological polar surface area (TPSA) is 48.9 Å². The highest BCUT2D eigenvalue weighted by atomic mass is 35.5. The smallest absolute Gasteiger partial charge is 0.152 e. The molecule has 1 heterocycles. The molecule has 0 radical (unpaired) electrons. The van der Waals surface area contributed by atoms with Gasteiger partial charge in [-0.3, -0.25) is 0 Å². The summed E-state index contributed by atoms with van der Waals surface area (Å²) in [5, 5.41) is 10.2. The van der Waals surface area contributed by atoms with E-state index in [1.807, 2.05) is 60.7 Å². The van der Waals surface area contributed by atoms with Gasteiger partial charge in [0.25, 0.3) is 0 Å². The number of halogens is 2. The van der Waals surface area contributed by atoms with E-state index in [2.05, 4.69) is 4.98 Å². The van der Waals surface area contributed by atoms with Crippen LogP contribution in [0.3, 0.4) is 0 Å². The van der Waals surface area contributed by atoms with Crippen LogP contribution in [0.4, 0.5) is 0 Å². The van der Waals surface area contributed by atoms with Crippen molar-refractivity contribution in [2.45, 2.75) is 0 Å². The average Bonchev–Trinajstić information content (AvgIpc) is 3.12. The van der Waals surface area contributed by atoms with Crippen LogP contribution in [-0.2, 0) is 0 Å². The van der Waals surface area contributed by atoms with E-state index in [1.54, 1.807) is 12.1 Å². The van der Waals surface area contributed by atoms with Gasteiger partial charge < -0.3 is 10.1 Å². The first kappa shape index (κ1) is 16.7. The fourth-order valence-electron chi connectivity index (χ4n) is 2.83. The zero-order valence-corrected chi connectivity index (χ0v) is 15.1. The predicted molar refractivity (Wildman–Crippen MR) is 107 cm³/mol. The highest BCUT2D eigenvalue weighted by Crippen LogP contribution is 2.38. The second kappa shape index (κ2) is 6.87. The van der Waals surface area contributed by atoms with Crippen molar-refractivity contribution >= 4 is 23.2 Å². The number of benzene rings is 3. The number of aromatic amines is 1. The summed E-state index contributed by atoms with van der Waals surface area (Å²) in [6.45, 7) is 0. The van der Waals surface area contributed by atoms with Gasteiger partial charge in [0.2, 0.25) is 0 Å². The Bertz CT molecular complexity index is 980. The molecule has 0 aliphatic rings. The lowest BCUT2D eigenvalue weighted by atomic mass is 10.1. The number of aromatic nitrogens is 2. The zero-order valence-electron chi connectivity index (χ0n) is 13.6. The Hall–Kier alpha value is -2.75. The van der Waals surface area contributed by atoms with E-state index in [-0.39, 0.29) is 15.8 Å². The fraction of sp³-hybridized carbons (Fsp3) is 0. The molecule has 0 aliphatic heterocycles. The number of hydrogen-bond acceptors (Lipinski definition) is 2. The van der Waals surface area contributed by atoms with E-state index in [4.69, 9.17) is 28.2 Å². The van der Waals surface area contributed by atoms with Gasteiger partial charge in [0.15, 0.2) is 5.75 Å². The third-order valence-corrected chi connectivity index (χ3v) is 4.68. The molecule has 0 saturated heterocycles. The monoisotopic (exact) mass is 380 g/mol. The van der Waals surface area contributed by atoms with Crippen molar-refractivity contribution in [2.24, 2.45) is 0 Å². The molecule has 0 amide bonds. The van der Waals surface area contributed by atoms with E-state index in [0.29, 0.717) is 11.4 Å². The minimum absolute atomic E-state index is 0.129. The standard InChI is InChI=1S/C21H14Cl2N2O/c22-16-11-15(12-17(23)20(16)26)21-24-18(13-7-3-1-4-8-13)19(25-21)14-9-5-2-6-10-14/h1-12,26H,(H,24,25). The van der Waals surface area contributed by atoms with Crippen molar-refractivity contribution in [1.29, 1.82) is 0 Å². The van der Waals surface area contributed by atoms with Crippen molar-refractivity contribution < 1.29 is 5.11 Å². The molecule has 2 N–H and O–H groups in total. The van der Waals surface area contributed by atoms with Crippen LogP contribution in [0.2, 0.25) is 10.0 Å². The van der Waals surface area contributed by atoms with E-state index >= 15 is 0 Å². The molecule has 5 heteroatoms. The Kier molecular flexibility index (Phi) is 4.41. The summed E-state index contributed by atoms with van der Waals surface area (Å²) in [4.78, 5) is 8.16. The second-order valence-electron chi connectivity index (χ2n) is 5.83. The summed E-state index contributed by atoms with van der Waals surface area (Å²) in [7, 11) is 0. The summed E-state index contributed by atoms with van der Waals surface area (Å²) < 4.78 is 0. The summed E-state index contributed by atoms with van der Waals surface area (Å²) in [6, 6.07) is 23.3. The third-order valence-electron chi connectivity index (χ3n) is 4.10. The van der Waals surface area contributed by atoms with Crippen LogP contribution < -0.4 is 0 Å². The molecule has 0 atom stereocenters. The van der Waals surface area contributed by atoms with Gasteiger partial charge in [-0.2, -0.15) is 0 Å². The van der Waals surface area contributed by atoms with Crippen LogP contribution in [0.15, 0.2) is 72.8 Å². The molecule has 4 aromatic rings. The van der Waals surface area contributed by atoms with Crippen molar-refractivity contribution in [3.8, 4) is 39.7 Å². The van der Waals surface area contributed by atoms with Crippen LogP contribution >= 0.6 is 23.2 Å². The lowest BCUT2D eigenvalue weighted by Gasteiger charge is -2.03. The van der Waals surface area contributed by atoms with Gasteiger partial charge in [-0.15, -0.1) is 0 Å².